The third-order valence-electron chi connectivity index (χ3n) is 1.79. The minimum absolute atomic E-state index is 0. The van der Waals surface area contributed by atoms with Gasteiger partial charge in [0.05, 0.1) is 0 Å². The molecule has 0 aliphatic rings. The van der Waals surface area contributed by atoms with Gasteiger partial charge in [0.15, 0.2) is 0 Å². The summed E-state index contributed by atoms with van der Waals surface area (Å²) in [5, 5.41) is 6.62. The molecule has 10 N–H and O–H groups in total. The van der Waals surface area contributed by atoms with Crippen molar-refractivity contribution in [2.24, 2.45) is 33.1 Å². The lowest BCUT2D eigenvalue weighted by molar-refractivity contribution is 0.0945. The number of guanidine groups is 2. The Morgan fingerprint density at radius 1 is 0.864 bits per heavy atom. The van der Waals surface area contributed by atoms with Crippen molar-refractivity contribution in [3.05, 3.63) is 29.6 Å². The number of carbonyl (C=O) groups is 2. The van der Waals surface area contributed by atoms with E-state index in [9.17, 15) is 9.59 Å². The van der Waals surface area contributed by atoms with Crippen LogP contribution in [0.1, 0.15) is 21.0 Å². The van der Waals surface area contributed by atoms with Gasteiger partial charge in [0.2, 0.25) is 11.9 Å². The highest BCUT2D eigenvalue weighted by Crippen LogP contribution is 1.99. The topological polar surface area (TPSA) is 200 Å². The third kappa shape index (κ3) is 7.12. The molecule has 1 heterocycles. The quantitative estimate of drug-likeness (QED) is 0.200. The first-order chi connectivity index (χ1) is 9.40. The van der Waals surface area contributed by atoms with E-state index in [2.05, 4.69) is 26.0 Å². The smallest absolute Gasteiger partial charge is 0.290 e. The van der Waals surface area contributed by atoms with Gasteiger partial charge in [-0.1, -0.05) is 6.07 Å². The van der Waals surface area contributed by atoms with Crippen molar-refractivity contribution in [1.29, 1.82) is 0 Å². The molecule has 0 saturated heterocycles. The molecule has 0 atom stereocenters. The largest absolute Gasteiger partial charge is 0.369 e. The number of nitrogens with two attached hydrogens (primary N) is 4. The van der Waals surface area contributed by atoms with Crippen LogP contribution in [0.4, 0.5) is 0 Å². The second kappa shape index (κ2) is 10.0. The van der Waals surface area contributed by atoms with Crippen molar-refractivity contribution in [3.8, 4) is 0 Å². The van der Waals surface area contributed by atoms with Crippen molar-refractivity contribution < 1.29 is 9.59 Å². The van der Waals surface area contributed by atoms with Gasteiger partial charge in [-0.25, -0.2) is 15.8 Å². The van der Waals surface area contributed by atoms with Crippen LogP contribution in [0, 0.1) is 0 Å². The van der Waals surface area contributed by atoms with Gasteiger partial charge in [-0.05, 0) is 12.1 Å². The number of rotatable bonds is 4. The molecule has 0 radical (unpaired) electrons. The average molecular weight is 352 g/mol. The molecule has 0 fully saturated rings. The summed E-state index contributed by atoms with van der Waals surface area (Å²) in [6.07, 6.45) is 0. The van der Waals surface area contributed by atoms with Crippen LogP contribution in [0.3, 0.4) is 0 Å². The normalized spacial score (nSPS) is 8.36. The summed E-state index contributed by atoms with van der Waals surface area (Å²) in [6, 6.07) is 4.19. The molecule has 0 unspecified atom stereocenters. The number of nitrogens with one attached hydrogen (secondary N) is 2. The fourth-order valence-corrected chi connectivity index (χ4v) is 1.03. The Morgan fingerprint density at radius 2 is 1.23 bits per heavy atom. The maximum Gasteiger partial charge on any atom is 0.290 e. The monoisotopic (exact) mass is 351 g/mol. The Bertz CT molecular complexity index is 535. The van der Waals surface area contributed by atoms with E-state index in [0.29, 0.717) is 0 Å². The second-order valence-corrected chi connectivity index (χ2v) is 3.36. The average Bonchev–Trinajstić information content (AvgIpc) is 2.42. The van der Waals surface area contributed by atoms with E-state index in [-0.39, 0.29) is 48.1 Å². The number of hydrazone groups is 2. The molecule has 22 heavy (non-hydrogen) atoms. The molecule has 1 aromatic heterocycles. The molecule has 0 aliphatic carbocycles. The van der Waals surface area contributed by atoms with Gasteiger partial charge in [-0.2, -0.15) is 0 Å². The first kappa shape index (κ1) is 21.5. The van der Waals surface area contributed by atoms with Gasteiger partial charge in [0.1, 0.15) is 11.4 Å². The number of aromatic nitrogens is 1. The van der Waals surface area contributed by atoms with Crippen LogP contribution in [0.2, 0.25) is 0 Å². The third-order valence-corrected chi connectivity index (χ3v) is 1.79. The summed E-state index contributed by atoms with van der Waals surface area (Å²) in [5.74, 6) is -2.01. The predicted octanol–water partition coefficient (Wildman–Crippen LogP) is -2.24. The van der Waals surface area contributed by atoms with Gasteiger partial charge in [0, 0.05) is 0 Å². The lowest BCUT2D eigenvalue weighted by Crippen LogP contribution is -2.30. The van der Waals surface area contributed by atoms with E-state index in [4.69, 9.17) is 22.9 Å². The fourth-order valence-electron chi connectivity index (χ4n) is 1.03. The van der Waals surface area contributed by atoms with Crippen LogP contribution >= 0.6 is 24.8 Å². The van der Waals surface area contributed by atoms with Crippen molar-refractivity contribution in [3.63, 3.8) is 0 Å². The number of hydrogen-bond acceptors (Lipinski definition) is 5. The van der Waals surface area contributed by atoms with Gasteiger partial charge < -0.3 is 22.9 Å². The Morgan fingerprint density at radius 3 is 1.55 bits per heavy atom. The summed E-state index contributed by atoms with van der Waals surface area (Å²) >= 11 is 0. The van der Waals surface area contributed by atoms with Crippen LogP contribution in [0.15, 0.2) is 28.4 Å². The zero-order valence-corrected chi connectivity index (χ0v) is 12.6. The van der Waals surface area contributed by atoms with Crippen molar-refractivity contribution in [1.82, 2.24) is 15.8 Å². The molecule has 122 valence electrons. The van der Waals surface area contributed by atoms with Crippen LogP contribution in [0.5, 0.6) is 0 Å². The number of hydrogen-bond donors (Lipinski definition) is 6. The molecular weight excluding hydrogens is 337 g/mol. The maximum absolute atomic E-state index is 11.6. The van der Waals surface area contributed by atoms with Crippen molar-refractivity contribution in [2.45, 2.75) is 0 Å². The molecular formula is C9H15Cl2N9O2. The van der Waals surface area contributed by atoms with E-state index in [1.807, 2.05) is 0 Å². The van der Waals surface area contributed by atoms with Crippen LogP contribution in [-0.2, 0) is 0 Å². The van der Waals surface area contributed by atoms with E-state index < -0.39 is 11.8 Å². The van der Waals surface area contributed by atoms with E-state index in [1.165, 1.54) is 18.2 Å². The highest BCUT2D eigenvalue weighted by molar-refractivity contribution is 5.96. The number of amides is 2. The Balaban J connectivity index is 0. The number of nitrogens with zero attached hydrogens (tertiary/aromatic N) is 3. The lowest BCUT2D eigenvalue weighted by atomic mass is 10.3. The molecule has 11 nitrogen and oxygen atoms in total. The molecule has 13 heteroatoms. The molecule has 0 aromatic carbocycles. The van der Waals surface area contributed by atoms with Crippen LogP contribution < -0.4 is 33.8 Å². The molecule has 2 amide bonds. The Kier molecular flexibility index (Phi) is 9.79. The maximum atomic E-state index is 11.6. The Hall–Kier alpha value is -2.79. The summed E-state index contributed by atoms with van der Waals surface area (Å²) in [6.45, 7) is 0. The lowest BCUT2D eigenvalue weighted by Gasteiger charge is -2.03. The number of carbonyl (C=O) groups excluding carboxylic acids is 2. The fraction of sp³-hybridized carbons (Fsp3) is 0. The van der Waals surface area contributed by atoms with E-state index in [0.717, 1.165) is 0 Å². The van der Waals surface area contributed by atoms with Gasteiger partial charge >= 0.3 is 0 Å². The summed E-state index contributed by atoms with van der Waals surface area (Å²) < 4.78 is 0. The zero-order chi connectivity index (χ0) is 15.1. The SMILES string of the molecule is Cl.Cl.NC(N)=NNC(=O)c1cccc(C(=O)NN=C(N)N)n1. The molecule has 0 bridgehead atoms. The van der Waals surface area contributed by atoms with Crippen molar-refractivity contribution >= 4 is 48.5 Å². The second-order valence-electron chi connectivity index (χ2n) is 3.36. The summed E-state index contributed by atoms with van der Waals surface area (Å²) in [5.41, 5.74) is 24.2. The number of pyridine rings is 1. The van der Waals surface area contributed by atoms with Gasteiger partial charge in [-0.3, -0.25) is 9.59 Å². The Labute approximate surface area is 137 Å². The molecule has 1 rings (SSSR count). The van der Waals surface area contributed by atoms with Gasteiger partial charge in [-0.15, -0.1) is 35.0 Å². The predicted molar refractivity (Wildman–Crippen MR) is 85.3 cm³/mol. The molecule has 0 spiro atoms. The van der Waals surface area contributed by atoms with Gasteiger partial charge in [0.25, 0.3) is 11.8 Å². The summed E-state index contributed by atoms with van der Waals surface area (Å²) in [4.78, 5) is 27.0. The minimum atomic E-state index is -0.685. The summed E-state index contributed by atoms with van der Waals surface area (Å²) in [7, 11) is 0. The van der Waals surface area contributed by atoms with E-state index in [1.54, 1.807) is 0 Å². The highest BCUT2D eigenvalue weighted by atomic mass is 35.5. The van der Waals surface area contributed by atoms with E-state index >= 15 is 0 Å². The zero-order valence-electron chi connectivity index (χ0n) is 11.0. The highest BCUT2D eigenvalue weighted by Gasteiger charge is 2.11. The minimum Gasteiger partial charge on any atom is -0.369 e. The molecule has 0 aliphatic heterocycles. The standard InChI is InChI=1S/C9H13N9O2.2ClH/c10-8(11)17-15-6(19)4-2-1-3-5(14-4)7(20)16-18-9(12)13;;/h1-3H,(H,15,19)(H,16,20)(H4,10,11,17)(H4,12,13,18);2*1H. The first-order valence-electron chi connectivity index (χ1n) is 5.15. The van der Waals surface area contributed by atoms with Crippen LogP contribution in [0.25, 0.3) is 0 Å². The molecule has 1 aromatic rings. The first-order valence-corrected chi connectivity index (χ1v) is 5.15. The molecule has 0 saturated carbocycles. The van der Waals surface area contributed by atoms with Crippen LogP contribution in [-0.4, -0.2) is 28.7 Å². The number of halogens is 2. The van der Waals surface area contributed by atoms with Crippen molar-refractivity contribution in [2.75, 3.05) is 0 Å².